The first-order valence-electron chi connectivity index (χ1n) is 35.5. The van der Waals surface area contributed by atoms with Gasteiger partial charge in [0.25, 0.3) is 17.1 Å². The molecule has 21 nitrogen and oxygen atoms in total. The fraction of sp³-hybridized carbons (Fsp3) is 0.954. The molecule has 0 bridgehead atoms. The van der Waals surface area contributed by atoms with Crippen LogP contribution in [0.2, 0.25) is 0 Å². The first-order chi connectivity index (χ1) is 46.9. The summed E-state index contributed by atoms with van der Waals surface area (Å²) in [6, 6.07) is 5.98. The average molecular weight is 2020 g/mol. The summed E-state index contributed by atoms with van der Waals surface area (Å²) in [4.78, 5) is 3.35. The predicted molar refractivity (Wildman–Crippen MR) is 445 cm³/mol. The molecular formula is C65H139ClI5N6O15P3. The molecule has 576 valence electrons. The number of nitriles is 2. The maximum Gasteiger partial charge on any atom is 0.259 e. The minimum atomic E-state index is -1.28. The standard InChI is InChI=1S/2C16H31N2O3P.C9H18ClN2OP.2C7H14O2.C2H3I3.C2H4I2.4CH4O.2CH4/c1-11(2)18(12(3)4)22(19-10-9-17-8)21-16-13(5)14(6)20-15(16)7;1-11(2)18(12(3)4)22(19-10-8-9-17)21-16-13(5)14(6)20-15(16)7;1-8(2)12(9(3)4)14(10)13-7-5-6-11;2*1-4-5(2)9-6(3)7(4)8;1-2(3,4)5;1-2(3)4;4*1-2;;/h11-16H,9-10H2,1-7H3;11-16H,8,10H2,1-7H3;8-9H,5,7H2,1-4H3;2*4-8H,1-3H3;1H3;2H,1H3;4*2H,1H3;2*1H4/t2*13-,14-,15+,16-,22?;;2*4-,5-,6+,7-;;;;;;;;/m01.10......../s1/i7D;6D;;2D;3D;;;4*2T;;. The van der Waals surface area contributed by atoms with Crippen LogP contribution in [0.3, 0.4) is 0 Å². The minimum Gasteiger partial charge on any atom is -0.400 e. The van der Waals surface area contributed by atoms with E-state index in [0.717, 1.165) is 1.93 Å². The van der Waals surface area contributed by atoms with Gasteiger partial charge >= 0.3 is 0 Å². The number of halogens is 6. The van der Waals surface area contributed by atoms with Gasteiger partial charge in [-0.25, -0.2) is 20.6 Å². The number of hydrogen-bond acceptors (Lipinski definition) is 20. The van der Waals surface area contributed by atoms with Gasteiger partial charge in [0.2, 0.25) is 19.9 Å². The quantitative estimate of drug-likeness (QED) is 0.0193. The number of aliphatic hydroxyl groups excluding tert-OH is 6. The molecule has 4 saturated heterocycles. The molecule has 4 aliphatic rings. The van der Waals surface area contributed by atoms with E-state index in [4.69, 9.17) is 81.1 Å². The molecule has 0 amide bonds. The molecule has 3 unspecified atom stereocenters. The number of aliphatic hydroxyl groups is 6. The first-order valence-corrected chi connectivity index (χ1v) is 41.2. The number of hydrogen-bond donors (Lipinski definition) is 6. The number of rotatable bonds is 22. The highest BCUT2D eigenvalue weighted by atomic mass is 127. The zero-order valence-electron chi connectivity index (χ0n) is 68.8. The first kappa shape index (κ1) is 98.0. The summed E-state index contributed by atoms with van der Waals surface area (Å²) in [5, 5.41) is 49.9. The molecular weight excluding hydrogens is 1870 g/mol. The van der Waals surface area contributed by atoms with E-state index in [0.29, 0.717) is 50.7 Å². The molecule has 95 heavy (non-hydrogen) atoms. The zero-order chi connectivity index (χ0) is 80.6. The smallest absolute Gasteiger partial charge is 0.259 e. The second-order valence-corrected chi connectivity index (χ2v) is 46.6. The van der Waals surface area contributed by atoms with Crippen molar-refractivity contribution in [2.45, 2.75) is 318 Å². The van der Waals surface area contributed by atoms with Gasteiger partial charge in [-0.05, 0) is 163 Å². The number of ether oxygens (including phenoxy) is 4. The molecule has 0 saturated carbocycles. The fourth-order valence-electron chi connectivity index (χ4n) is 8.75. The Hall–Kier alpha value is 2.98. The Kier molecular flexibility index (Phi) is 70.9. The van der Waals surface area contributed by atoms with Crippen molar-refractivity contribution in [3.8, 4) is 12.1 Å². The Labute approximate surface area is 671 Å². The second-order valence-electron chi connectivity index (χ2n) is 23.0. The Balaban J connectivity index is -0.000000146. The van der Waals surface area contributed by atoms with Gasteiger partial charge in [-0.2, -0.15) is 10.5 Å². The lowest BCUT2D eigenvalue weighted by Crippen LogP contribution is -2.36. The molecule has 0 aliphatic carbocycles. The fourth-order valence-corrected chi connectivity index (χ4v) is 14.8. The van der Waals surface area contributed by atoms with E-state index in [1.807, 2.05) is 47.6 Å². The molecule has 30 heteroatoms. The summed E-state index contributed by atoms with van der Waals surface area (Å²) >= 11 is 17.8. The van der Waals surface area contributed by atoms with Crippen molar-refractivity contribution in [2.75, 3.05) is 54.8 Å². The van der Waals surface area contributed by atoms with Gasteiger partial charge in [0.05, 0.1) is 113 Å². The van der Waals surface area contributed by atoms with Crippen LogP contribution in [0.4, 0.5) is 0 Å². The predicted octanol–water partition coefficient (Wildman–Crippen LogP) is 18.1. The van der Waals surface area contributed by atoms with Gasteiger partial charge in [0.15, 0.2) is 0 Å². The van der Waals surface area contributed by atoms with Crippen LogP contribution in [0.1, 0.15) is 213 Å². The third kappa shape index (κ3) is 55.1. The molecule has 4 fully saturated rings. The Bertz CT molecular complexity index is 1960. The van der Waals surface area contributed by atoms with Gasteiger partial charge in [-0.3, -0.25) is 0 Å². The van der Waals surface area contributed by atoms with Crippen molar-refractivity contribution in [1.29, 1.82) is 16.2 Å². The lowest BCUT2D eigenvalue weighted by molar-refractivity contribution is 0.0286. The highest BCUT2D eigenvalue weighted by molar-refractivity contribution is 14.3. The Morgan fingerprint density at radius 2 is 0.811 bits per heavy atom. The van der Waals surface area contributed by atoms with Crippen molar-refractivity contribution in [3.63, 3.8) is 0 Å². The van der Waals surface area contributed by atoms with Crippen LogP contribution < -0.4 is 0 Å². The molecule has 0 aromatic rings. The van der Waals surface area contributed by atoms with Gasteiger partial charge in [0.1, 0.15) is 6.04 Å². The topological polar surface area (TPSA) is 266 Å². The van der Waals surface area contributed by atoms with Crippen LogP contribution >= 0.6 is 149 Å². The minimum absolute atomic E-state index is 0. The highest BCUT2D eigenvalue weighted by Gasteiger charge is 2.44. The van der Waals surface area contributed by atoms with Crippen molar-refractivity contribution in [3.05, 3.63) is 11.4 Å². The van der Waals surface area contributed by atoms with Gasteiger partial charge in [-0.15, -0.1) is 0 Å². The number of alkyl halides is 5. The molecule has 0 aromatic heterocycles. The van der Waals surface area contributed by atoms with Crippen LogP contribution in [-0.4, -0.2) is 216 Å². The maximum absolute atomic E-state index is 9.38. The largest absolute Gasteiger partial charge is 0.400 e. The summed E-state index contributed by atoms with van der Waals surface area (Å²) < 4.78 is 112. The van der Waals surface area contributed by atoms with Crippen molar-refractivity contribution >= 4 is 149 Å². The number of nitrogens with zero attached hydrogens (tertiary/aromatic N) is 6. The lowest BCUT2D eigenvalue weighted by Gasteiger charge is -2.37. The lowest BCUT2D eigenvalue weighted by atomic mass is 10.0. The van der Waals surface area contributed by atoms with E-state index in [-0.39, 0.29) is 157 Å². The Morgan fingerprint density at radius 3 is 1.08 bits per heavy atom. The van der Waals surface area contributed by atoms with E-state index >= 15 is 0 Å². The van der Waals surface area contributed by atoms with Gasteiger partial charge in [-0.1, -0.05) is 156 Å². The van der Waals surface area contributed by atoms with Crippen molar-refractivity contribution < 1.29 is 77.7 Å². The summed E-state index contributed by atoms with van der Waals surface area (Å²) in [5.41, 5.74) is 0. The van der Waals surface area contributed by atoms with Crippen LogP contribution in [0.15, 0.2) is 0 Å². The normalized spacial score (nSPS) is 28.2. The van der Waals surface area contributed by atoms with E-state index in [1.54, 1.807) is 0 Å². The van der Waals surface area contributed by atoms with E-state index < -0.39 is 30.8 Å². The molecule has 4 aliphatic heterocycles. The SMILES string of the molecule is C.C.CC(C)N(C(C)C)P(Cl)OCCC#N.CC(I)(I)I.CC(I)I.[2H]C[C@H]1O[C@@H](C)[C@H](C)[C@@H]1O.[2H]C[C@H]1O[C@@H](C)[C@H](C)[C@@H]1OP(OCC[N+]#[C-])N(C(C)C)C(C)C.[2H]C[C@H]1O[C@@H](C)[C@H](O)[C@@H]1C.[2H]C[C@H]1O[C@@H](C)[C@H](OP(OCCC#N)N(C(C)C)C(C)C)[C@@H]1C.[3H]OC.[3H]OC.[3H]OC.[3H]OC. The van der Waals surface area contributed by atoms with E-state index in [2.05, 4.69) is 269 Å². The highest BCUT2D eigenvalue weighted by Crippen LogP contribution is 2.52. The maximum atomic E-state index is 9.38. The summed E-state index contributed by atoms with van der Waals surface area (Å²) in [7, 11) is 1.55. The third-order valence-electron chi connectivity index (χ3n) is 13.4. The van der Waals surface area contributed by atoms with Crippen molar-refractivity contribution in [2.24, 2.45) is 23.7 Å². The monoisotopic (exact) mass is 2020 g/mol. The van der Waals surface area contributed by atoms with Crippen LogP contribution in [-0.2, 0) is 41.6 Å². The molecule has 4 rings (SSSR count). The van der Waals surface area contributed by atoms with Gasteiger partial charge < -0.3 is 77.1 Å². The van der Waals surface area contributed by atoms with Crippen molar-refractivity contribution in [1.82, 2.24) is 14.0 Å². The average Bonchev–Trinajstić information content (AvgIpc) is 1.72. The molecule has 0 spiro atoms. The van der Waals surface area contributed by atoms with E-state index in [1.165, 1.54) is 28.4 Å². The molecule has 0 aromatic carbocycles. The zero-order valence-corrected chi connectivity index (χ0v) is 75.1. The Morgan fingerprint density at radius 1 is 0.537 bits per heavy atom. The summed E-state index contributed by atoms with van der Waals surface area (Å²) in [6.07, 6.45) is -0.862. The molecule has 4 heterocycles. The molecule has 0 radical (unpaired) electrons. The second kappa shape index (κ2) is 68.8. The molecule has 6 N–H and O–H groups in total. The van der Waals surface area contributed by atoms with Crippen LogP contribution in [0.5, 0.6) is 0 Å². The third-order valence-corrected chi connectivity index (χ3v) is 20.2. The summed E-state index contributed by atoms with van der Waals surface area (Å²) in [5.74, 6) is 0.678. The van der Waals surface area contributed by atoms with Crippen LogP contribution in [0, 0.1) is 52.9 Å². The van der Waals surface area contributed by atoms with Gasteiger partial charge in [0, 0.05) is 93.8 Å². The van der Waals surface area contributed by atoms with E-state index in [9.17, 15) is 10.2 Å². The van der Waals surface area contributed by atoms with Crippen LogP contribution in [0.25, 0.3) is 4.85 Å². The molecule has 19 atom stereocenters. The summed E-state index contributed by atoms with van der Waals surface area (Å²) in [6.45, 7) is 54.7.